The molecule has 1 N–H and O–H groups in total. The summed E-state index contributed by atoms with van der Waals surface area (Å²) in [5, 5.41) is 13.8. The molecular formula is C14H13BrN2O3. The van der Waals surface area contributed by atoms with Gasteiger partial charge in [-0.1, -0.05) is 34.1 Å². The molecule has 2 aromatic rings. The van der Waals surface area contributed by atoms with Gasteiger partial charge >= 0.3 is 0 Å². The normalized spacial score (nSPS) is 10.1. The van der Waals surface area contributed by atoms with Crippen LogP contribution in [-0.2, 0) is 6.61 Å². The Morgan fingerprint density at radius 2 is 2.05 bits per heavy atom. The molecule has 2 rings (SSSR count). The van der Waals surface area contributed by atoms with Crippen LogP contribution in [0.25, 0.3) is 0 Å². The second-order valence-corrected chi connectivity index (χ2v) is 4.98. The lowest BCUT2D eigenvalue weighted by atomic mass is 10.1. The molecule has 20 heavy (non-hydrogen) atoms. The van der Waals surface area contributed by atoms with E-state index in [2.05, 4.69) is 21.2 Å². The van der Waals surface area contributed by atoms with Gasteiger partial charge in [-0.15, -0.1) is 0 Å². The third-order valence-electron chi connectivity index (χ3n) is 2.77. The first-order valence-corrected chi connectivity index (χ1v) is 6.73. The summed E-state index contributed by atoms with van der Waals surface area (Å²) in [6, 6.07) is 12.4. The molecule has 0 saturated carbocycles. The molecule has 0 saturated heterocycles. The number of nitrogens with zero attached hydrogens (tertiary/aromatic N) is 1. The van der Waals surface area contributed by atoms with Crippen molar-refractivity contribution in [2.75, 3.05) is 12.4 Å². The van der Waals surface area contributed by atoms with Gasteiger partial charge in [0.1, 0.15) is 18.0 Å². The van der Waals surface area contributed by atoms with Gasteiger partial charge in [0.05, 0.1) is 4.92 Å². The summed E-state index contributed by atoms with van der Waals surface area (Å²) in [5.74, 6) is 0.702. The van der Waals surface area contributed by atoms with Crippen LogP contribution in [0, 0.1) is 10.1 Å². The highest BCUT2D eigenvalue weighted by Crippen LogP contribution is 2.29. The third kappa shape index (κ3) is 3.27. The molecule has 0 aliphatic rings. The molecule has 6 heteroatoms. The average molecular weight is 337 g/mol. The summed E-state index contributed by atoms with van der Waals surface area (Å²) in [6.45, 7) is 0.258. The van der Waals surface area contributed by atoms with Gasteiger partial charge in [0, 0.05) is 23.2 Å². The van der Waals surface area contributed by atoms with E-state index in [4.69, 9.17) is 4.74 Å². The van der Waals surface area contributed by atoms with Crippen LogP contribution in [0.15, 0.2) is 46.9 Å². The van der Waals surface area contributed by atoms with Crippen molar-refractivity contribution in [1.82, 2.24) is 0 Å². The van der Waals surface area contributed by atoms with Crippen molar-refractivity contribution in [3.8, 4) is 5.75 Å². The molecule has 0 heterocycles. The summed E-state index contributed by atoms with van der Waals surface area (Å²) in [6.07, 6.45) is 0. The fourth-order valence-corrected chi connectivity index (χ4v) is 2.24. The van der Waals surface area contributed by atoms with E-state index in [0.29, 0.717) is 11.4 Å². The second-order valence-electron chi connectivity index (χ2n) is 4.06. The molecule has 5 nitrogen and oxygen atoms in total. The van der Waals surface area contributed by atoms with E-state index in [1.54, 1.807) is 19.2 Å². The number of nitrogens with one attached hydrogen (secondary N) is 1. The minimum Gasteiger partial charge on any atom is -0.489 e. The summed E-state index contributed by atoms with van der Waals surface area (Å²) in [4.78, 5) is 10.6. The lowest BCUT2D eigenvalue weighted by Gasteiger charge is -2.11. The van der Waals surface area contributed by atoms with Crippen LogP contribution in [0.2, 0.25) is 0 Å². The van der Waals surface area contributed by atoms with E-state index in [9.17, 15) is 10.1 Å². The van der Waals surface area contributed by atoms with Crippen LogP contribution in [0.1, 0.15) is 5.56 Å². The Kier molecular flexibility index (Phi) is 4.57. The fraction of sp³-hybridized carbons (Fsp3) is 0.143. The minimum absolute atomic E-state index is 0.0443. The van der Waals surface area contributed by atoms with Gasteiger partial charge in [-0.05, 0) is 18.2 Å². The van der Waals surface area contributed by atoms with Crippen LogP contribution < -0.4 is 10.1 Å². The Morgan fingerprint density at radius 1 is 1.30 bits per heavy atom. The summed E-state index contributed by atoms with van der Waals surface area (Å²) in [7, 11) is 1.66. The van der Waals surface area contributed by atoms with Gasteiger partial charge in [-0.2, -0.15) is 0 Å². The van der Waals surface area contributed by atoms with Crippen molar-refractivity contribution in [3.05, 3.63) is 62.6 Å². The summed E-state index contributed by atoms with van der Waals surface area (Å²) >= 11 is 3.37. The van der Waals surface area contributed by atoms with Crippen LogP contribution in [-0.4, -0.2) is 12.0 Å². The highest BCUT2D eigenvalue weighted by Gasteiger charge is 2.16. The second kappa shape index (κ2) is 6.38. The highest BCUT2D eigenvalue weighted by molar-refractivity contribution is 9.10. The molecule has 0 amide bonds. The van der Waals surface area contributed by atoms with Crippen molar-refractivity contribution in [1.29, 1.82) is 0 Å². The Labute approximate surface area is 124 Å². The lowest BCUT2D eigenvalue weighted by molar-refractivity contribution is -0.384. The van der Waals surface area contributed by atoms with E-state index in [0.717, 1.165) is 10.0 Å². The number of ether oxygens (including phenoxy) is 1. The van der Waals surface area contributed by atoms with Crippen LogP contribution in [0.4, 0.5) is 11.4 Å². The highest BCUT2D eigenvalue weighted by atomic mass is 79.9. The number of hydrogen-bond acceptors (Lipinski definition) is 4. The summed E-state index contributed by atoms with van der Waals surface area (Å²) in [5.41, 5.74) is 1.26. The van der Waals surface area contributed by atoms with E-state index in [-0.39, 0.29) is 12.3 Å². The first-order valence-electron chi connectivity index (χ1n) is 5.94. The van der Waals surface area contributed by atoms with Crippen molar-refractivity contribution >= 4 is 27.3 Å². The van der Waals surface area contributed by atoms with E-state index in [1.807, 2.05) is 24.3 Å². The quantitative estimate of drug-likeness (QED) is 0.662. The fourth-order valence-electron chi connectivity index (χ4n) is 1.87. The minimum atomic E-state index is -0.408. The first-order chi connectivity index (χ1) is 9.61. The Balaban J connectivity index is 2.21. The molecule has 0 aliphatic heterocycles. The van der Waals surface area contributed by atoms with E-state index < -0.39 is 4.92 Å². The number of rotatable bonds is 5. The molecule has 0 spiro atoms. The zero-order valence-corrected chi connectivity index (χ0v) is 12.4. The Hall–Kier alpha value is -2.08. The standard InChI is InChI=1S/C14H13BrN2O3/c1-16-14-10(4-2-7-13(14)17(18)19)9-20-12-6-3-5-11(15)8-12/h2-8,16H,9H2,1H3. The monoisotopic (exact) mass is 336 g/mol. The van der Waals surface area contributed by atoms with Crippen molar-refractivity contribution < 1.29 is 9.66 Å². The molecular weight excluding hydrogens is 324 g/mol. The van der Waals surface area contributed by atoms with Crippen LogP contribution in [0.5, 0.6) is 5.75 Å². The summed E-state index contributed by atoms with van der Waals surface area (Å²) < 4.78 is 6.58. The van der Waals surface area contributed by atoms with E-state index in [1.165, 1.54) is 6.07 Å². The molecule has 0 fully saturated rings. The Bertz CT molecular complexity index is 632. The zero-order valence-electron chi connectivity index (χ0n) is 10.8. The Morgan fingerprint density at radius 3 is 2.70 bits per heavy atom. The SMILES string of the molecule is CNc1c(COc2cccc(Br)c2)cccc1[N+](=O)[O-]. The van der Waals surface area contributed by atoms with Gasteiger partial charge in [-0.3, -0.25) is 10.1 Å². The maximum atomic E-state index is 11.0. The van der Waals surface area contributed by atoms with Crippen molar-refractivity contribution in [3.63, 3.8) is 0 Å². The predicted octanol–water partition coefficient (Wildman–Crippen LogP) is 3.98. The van der Waals surface area contributed by atoms with Gasteiger partial charge in [0.2, 0.25) is 0 Å². The molecule has 0 bridgehead atoms. The molecule has 2 aromatic carbocycles. The van der Waals surface area contributed by atoms with Crippen LogP contribution >= 0.6 is 15.9 Å². The zero-order chi connectivity index (χ0) is 14.5. The van der Waals surface area contributed by atoms with Gasteiger partial charge in [0.15, 0.2) is 0 Å². The molecule has 0 atom stereocenters. The number of halogens is 1. The molecule has 0 unspecified atom stereocenters. The molecule has 0 aliphatic carbocycles. The number of anilines is 1. The van der Waals surface area contributed by atoms with Gasteiger partial charge in [-0.25, -0.2) is 0 Å². The van der Waals surface area contributed by atoms with E-state index >= 15 is 0 Å². The number of benzene rings is 2. The molecule has 104 valence electrons. The predicted molar refractivity (Wildman–Crippen MR) is 81.1 cm³/mol. The molecule has 0 aromatic heterocycles. The smallest absolute Gasteiger partial charge is 0.292 e. The number of hydrogen-bond donors (Lipinski definition) is 1. The third-order valence-corrected chi connectivity index (χ3v) is 3.26. The maximum absolute atomic E-state index is 11.0. The van der Waals surface area contributed by atoms with Gasteiger partial charge < -0.3 is 10.1 Å². The topological polar surface area (TPSA) is 64.4 Å². The largest absolute Gasteiger partial charge is 0.489 e. The lowest BCUT2D eigenvalue weighted by Crippen LogP contribution is -2.04. The maximum Gasteiger partial charge on any atom is 0.292 e. The van der Waals surface area contributed by atoms with Crippen molar-refractivity contribution in [2.45, 2.75) is 6.61 Å². The van der Waals surface area contributed by atoms with Gasteiger partial charge in [0.25, 0.3) is 5.69 Å². The average Bonchev–Trinajstić information content (AvgIpc) is 2.44. The number of nitro groups is 1. The van der Waals surface area contributed by atoms with Crippen LogP contribution in [0.3, 0.4) is 0 Å². The number of nitro benzene ring substituents is 1. The van der Waals surface area contributed by atoms with Crippen molar-refractivity contribution in [2.24, 2.45) is 0 Å². The molecule has 0 radical (unpaired) electrons. The number of para-hydroxylation sites is 1. The first kappa shape index (κ1) is 14.3.